The van der Waals surface area contributed by atoms with Gasteiger partial charge in [-0.3, -0.25) is 9.59 Å². The third-order valence-electron chi connectivity index (χ3n) is 12.0. The molecule has 0 saturated heterocycles. The number of ether oxygens (including phenoxy) is 2. The molecule has 3 amide bonds. The number of aryl methyl sites for hydroxylation is 1. The van der Waals surface area contributed by atoms with Gasteiger partial charge >= 0.3 is 6.09 Å². The Morgan fingerprint density at radius 2 is 1.47 bits per heavy atom. The molecule has 0 radical (unpaired) electrons. The summed E-state index contributed by atoms with van der Waals surface area (Å²) in [6.07, 6.45) is 4.32. The lowest BCUT2D eigenvalue weighted by atomic mass is 9.83. The van der Waals surface area contributed by atoms with Gasteiger partial charge in [-0.2, -0.15) is 0 Å². The van der Waals surface area contributed by atoms with Crippen LogP contribution in [0.25, 0.3) is 0 Å². The Bertz CT molecular complexity index is 2000. The summed E-state index contributed by atoms with van der Waals surface area (Å²) in [7, 11) is -2.60. The third kappa shape index (κ3) is 9.76. The van der Waals surface area contributed by atoms with E-state index in [4.69, 9.17) is 13.9 Å². The highest BCUT2D eigenvalue weighted by Crippen LogP contribution is 2.41. The van der Waals surface area contributed by atoms with E-state index >= 15 is 0 Å². The standard InChI is InChI=1S/C49H63N3O6Si/c1-35(2)52(39-26-24-37(25-27-39)28-31-57-59(48(4,5)6,40-20-14-10-15-21-40)41-22-16-11-17-23-41)45(53)42-33-43-44(32-36(42)3)58-49(7,8)46(54)51(43)30-29-50-47(55)56-34-38-18-12-9-13-19-38/h9-23,32-33,35,37,39H,24-31,34H2,1-8H3,(H,50,55). The molecule has 1 saturated carbocycles. The van der Waals surface area contributed by atoms with E-state index in [0.29, 0.717) is 29.5 Å². The molecular weight excluding hydrogens is 755 g/mol. The van der Waals surface area contributed by atoms with Crippen LogP contribution in [0.3, 0.4) is 0 Å². The first-order valence-corrected chi connectivity index (χ1v) is 23.2. The van der Waals surface area contributed by atoms with E-state index in [9.17, 15) is 14.4 Å². The average Bonchev–Trinajstić information content (AvgIpc) is 3.21. The van der Waals surface area contributed by atoms with E-state index in [0.717, 1.165) is 43.2 Å². The van der Waals surface area contributed by atoms with E-state index in [1.54, 1.807) is 24.8 Å². The molecule has 2 aliphatic rings. The number of hydrogen-bond acceptors (Lipinski definition) is 6. The zero-order valence-electron chi connectivity index (χ0n) is 36.3. The molecule has 9 nitrogen and oxygen atoms in total. The zero-order valence-corrected chi connectivity index (χ0v) is 37.3. The minimum atomic E-state index is -2.60. The molecule has 59 heavy (non-hydrogen) atoms. The Labute approximate surface area is 352 Å². The Hall–Kier alpha value is -4.93. The summed E-state index contributed by atoms with van der Waals surface area (Å²) < 4.78 is 18.8. The van der Waals surface area contributed by atoms with Crippen molar-refractivity contribution in [2.24, 2.45) is 5.92 Å². The summed E-state index contributed by atoms with van der Waals surface area (Å²) in [5, 5.41) is 5.29. The molecule has 0 spiro atoms. The second kappa shape index (κ2) is 18.5. The van der Waals surface area contributed by atoms with Crippen LogP contribution in [0.2, 0.25) is 5.04 Å². The maximum Gasteiger partial charge on any atom is 0.407 e. The number of amides is 3. The topological polar surface area (TPSA) is 97.4 Å². The first-order chi connectivity index (χ1) is 28.1. The number of alkyl carbamates (subject to hydrolysis) is 1. The fourth-order valence-corrected chi connectivity index (χ4v) is 13.6. The maximum absolute atomic E-state index is 14.6. The van der Waals surface area contributed by atoms with Crippen LogP contribution in [0, 0.1) is 12.8 Å². The number of nitrogens with one attached hydrogen (secondary N) is 1. The summed E-state index contributed by atoms with van der Waals surface area (Å²) in [6.45, 7) is 17.7. The number of hydrogen-bond donors (Lipinski definition) is 1. The minimum Gasteiger partial charge on any atom is -0.476 e. The summed E-state index contributed by atoms with van der Waals surface area (Å²) >= 11 is 0. The van der Waals surface area contributed by atoms with Crippen LogP contribution in [0.15, 0.2) is 103 Å². The molecule has 1 aliphatic carbocycles. The van der Waals surface area contributed by atoms with Crippen LogP contribution in [0.5, 0.6) is 5.75 Å². The second-order valence-electron chi connectivity index (χ2n) is 18.0. The highest BCUT2D eigenvalue weighted by Gasteiger charge is 2.50. The van der Waals surface area contributed by atoms with Gasteiger partial charge in [0.1, 0.15) is 12.4 Å². The number of fused-ring (bicyclic) bond motifs is 1. The molecule has 314 valence electrons. The van der Waals surface area contributed by atoms with Crippen molar-refractivity contribution in [3.8, 4) is 5.75 Å². The molecule has 0 bridgehead atoms. The smallest absolute Gasteiger partial charge is 0.407 e. The summed E-state index contributed by atoms with van der Waals surface area (Å²) in [4.78, 5) is 44.6. The Balaban J connectivity index is 1.12. The van der Waals surface area contributed by atoms with Gasteiger partial charge in [0.15, 0.2) is 5.60 Å². The molecule has 1 heterocycles. The molecule has 4 aromatic carbocycles. The van der Waals surface area contributed by atoms with E-state index in [2.05, 4.69) is 101 Å². The van der Waals surface area contributed by atoms with Gasteiger partial charge in [0.2, 0.25) is 0 Å². The molecule has 0 unspecified atom stereocenters. The van der Waals surface area contributed by atoms with Gasteiger partial charge in [-0.1, -0.05) is 112 Å². The minimum absolute atomic E-state index is 0.0167. The summed E-state index contributed by atoms with van der Waals surface area (Å²) in [5.74, 6) is 0.763. The van der Waals surface area contributed by atoms with Crippen molar-refractivity contribution in [3.63, 3.8) is 0 Å². The lowest BCUT2D eigenvalue weighted by Gasteiger charge is -2.43. The highest BCUT2D eigenvalue weighted by molar-refractivity contribution is 6.99. The molecule has 10 heteroatoms. The first-order valence-electron chi connectivity index (χ1n) is 21.3. The maximum atomic E-state index is 14.6. The third-order valence-corrected chi connectivity index (χ3v) is 17.1. The molecule has 1 aliphatic heterocycles. The normalized spacial score (nSPS) is 17.8. The van der Waals surface area contributed by atoms with Crippen molar-refractivity contribution in [1.29, 1.82) is 0 Å². The predicted octanol–water partition coefficient (Wildman–Crippen LogP) is 8.80. The van der Waals surface area contributed by atoms with E-state index < -0.39 is 20.0 Å². The van der Waals surface area contributed by atoms with Crippen LogP contribution in [0.1, 0.15) is 102 Å². The highest BCUT2D eigenvalue weighted by atomic mass is 28.4. The molecule has 6 rings (SSSR count). The number of rotatable bonds is 14. The average molecular weight is 818 g/mol. The van der Waals surface area contributed by atoms with E-state index in [1.807, 2.05) is 48.2 Å². The number of benzene rings is 4. The van der Waals surface area contributed by atoms with Crippen LogP contribution in [-0.4, -0.2) is 68.5 Å². The van der Waals surface area contributed by atoms with Gasteiger partial charge in [-0.05, 0) is 111 Å². The molecular formula is C49H63N3O6Si. The molecule has 0 aromatic heterocycles. The molecule has 1 fully saturated rings. The quantitative estimate of drug-likeness (QED) is 0.128. The summed E-state index contributed by atoms with van der Waals surface area (Å²) in [5.41, 5.74) is 1.63. The first kappa shape index (κ1) is 43.6. The van der Waals surface area contributed by atoms with E-state index in [1.165, 1.54) is 10.4 Å². The van der Waals surface area contributed by atoms with Crippen molar-refractivity contribution in [2.45, 2.75) is 117 Å². The van der Waals surface area contributed by atoms with Crippen LogP contribution in [0.4, 0.5) is 10.5 Å². The van der Waals surface area contributed by atoms with Crippen molar-refractivity contribution in [3.05, 3.63) is 120 Å². The Morgan fingerprint density at radius 3 is 2.03 bits per heavy atom. The van der Waals surface area contributed by atoms with Gasteiger partial charge in [0, 0.05) is 37.3 Å². The van der Waals surface area contributed by atoms with Crippen LogP contribution >= 0.6 is 0 Å². The van der Waals surface area contributed by atoms with Gasteiger partial charge in [0.25, 0.3) is 20.1 Å². The fourth-order valence-electron chi connectivity index (χ4n) is 9.03. The number of nitrogens with zero attached hydrogens (tertiary/aromatic N) is 2. The molecule has 0 atom stereocenters. The predicted molar refractivity (Wildman–Crippen MR) is 238 cm³/mol. The van der Waals surface area contributed by atoms with Gasteiger partial charge in [-0.15, -0.1) is 0 Å². The SMILES string of the molecule is Cc1cc2c(cc1C(=O)N(C(C)C)C1CCC(CCO[Si](c3ccccc3)(c3ccccc3)C(C)(C)C)CC1)N(CCNC(=O)OCc1ccccc1)C(=O)C(C)(C)O2. The van der Waals surface area contributed by atoms with Crippen molar-refractivity contribution in [1.82, 2.24) is 10.2 Å². The van der Waals surface area contributed by atoms with Crippen LogP contribution in [-0.2, 0) is 20.6 Å². The van der Waals surface area contributed by atoms with Crippen molar-refractivity contribution in [2.75, 3.05) is 24.6 Å². The van der Waals surface area contributed by atoms with Crippen molar-refractivity contribution >= 4 is 42.3 Å². The summed E-state index contributed by atoms with van der Waals surface area (Å²) in [6, 6.07) is 34.8. The number of carbonyl (C=O) groups is 3. The number of anilines is 1. The molecule has 4 aromatic rings. The van der Waals surface area contributed by atoms with Gasteiger partial charge in [0.05, 0.1) is 5.69 Å². The van der Waals surface area contributed by atoms with Gasteiger partial charge in [-0.25, -0.2) is 4.79 Å². The lowest BCUT2D eigenvalue weighted by molar-refractivity contribution is -0.132. The Morgan fingerprint density at radius 1 is 0.898 bits per heavy atom. The zero-order chi connectivity index (χ0) is 42.4. The fraction of sp³-hybridized carbons (Fsp3) is 0.449. The van der Waals surface area contributed by atoms with E-state index in [-0.39, 0.29) is 48.6 Å². The number of carbonyl (C=O) groups excluding carboxylic acids is 3. The molecule has 1 N–H and O–H groups in total. The van der Waals surface area contributed by atoms with Crippen LogP contribution < -0.4 is 25.3 Å². The monoisotopic (exact) mass is 817 g/mol. The largest absolute Gasteiger partial charge is 0.476 e. The van der Waals surface area contributed by atoms with Gasteiger partial charge < -0.3 is 29.0 Å². The second-order valence-corrected chi connectivity index (χ2v) is 22.3. The van der Waals surface area contributed by atoms with Crippen molar-refractivity contribution < 1.29 is 28.3 Å². The lowest BCUT2D eigenvalue weighted by Crippen LogP contribution is -2.66. The Kier molecular flexibility index (Phi) is 13.7.